The highest BCUT2D eigenvalue weighted by atomic mass is 28.6. The van der Waals surface area contributed by atoms with E-state index in [1.54, 1.807) is 0 Å². The average Bonchev–Trinajstić information content (AvgIpc) is 2.29. The van der Waals surface area contributed by atoms with Crippen LogP contribution in [0.1, 0.15) is 0 Å². The van der Waals surface area contributed by atoms with Crippen molar-refractivity contribution in [2.75, 3.05) is 0 Å². The zero-order valence-corrected chi connectivity index (χ0v) is 36.8. The van der Waals surface area contributed by atoms with E-state index >= 15 is 0 Å². The van der Waals surface area contributed by atoms with Crippen molar-refractivity contribution in [3.8, 4) is 0 Å². The lowest BCUT2D eigenvalue weighted by Crippen LogP contribution is -2.68. The molecule has 0 unspecified atom stereocenters. The Bertz CT molecular complexity index is 676. The van der Waals surface area contributed by atoms with Gasteiger partial charge in [0.05, 0.1) is 0 Å². The van der Waals surface area contributed by atoms with Gasteiger partial charge in [-0.25, -0.2) is 0 Å². The van der Waals surface area contributed by atoms with Crippen LogP contribution in [0.15, 0.2) is 0 Å². The molecule has 0 aromatic heterocycles. The first kappa shape index (κ1) is 38.6. The Hall–Kier alpha value is 1.63. The van der Waals surface area contributed by atoms with E-state index in [-0.39, 0.29) is 0 Å². The van der Waals surface area contributed by atoms with E-state index in [1.807, 2.05) is 19.6 Å². The van der Waals surface area contributed by atoms with E-state index in [0.717, 1.165) is 0 Å². The lowest BCUT2D eigenvalue weighted by atomic mass is 11.8. The SMILES string of the molecule is C[Si](C)(C)O[Si](C)(O[Si](C)(C)C)O[Si](C)(C)O[Si](C)(C)O[Si](O[Si](C)(C)C)(O[Si](C)(C)C)O[Si](C)(C)C. The summed E-state index contributed by atoms with van der Waals surface area (Å²) in [5.41, 5.74) is 0. The summed E-state index contributed by atoms with van der Waals surface area (Å²) in [5.74, 6) is 0. The quantitative estimate of drug-likeness (QED) is 0.154. The topological polar surface area (TPSA) is 73.8 Å². The fourth-order valence-electron chi connectivity index (χ4n) is 3.81. The van der Waals surface area contributed by atoms with Crippen molar-refractivity contribution in [2.45, 2.75) is 131 Å². The summed E-state index contributed by atoms with van der Waals surface area (Å²) in [4.78, 5) is 0. The van der Waals surface area contributed by atoms with Gasteiger partial charge in [0.2, 0.25) is 0 Å². The van der Waals surface area contributed by atoms with Gasteiger partial charge in [-0.1, -0.05) is 0 Å². The van der Waals surface area contributed by atoms with Crippen molar-refractivity contribution < 1.29 is 32.9 Å². The number of hydrogen-bond donors (Lipinski definition) is 0. The van der Waals surface area contributed by atoms with Crippen LogP contribution in [-0.2, 0) is 32.9 Å². The van der Waals surface area contributed by atoms with Crippen molar-refractivity contribution in [3.63, 3.8) is 0 Å². The molecule has 37 heavy (non-hydrogen) atoms. The third-order valence-corrected chi connectivity index (χ3v) is 32.1. The smallest absolute Gasteiger partial charge is 0.417 e. The maximum atomic E-state index is 6.90. The van der Waals surface area contributed by atoms with Crippen LogP contribution in [0.3, 0.4) is 0 Å². The molecular formula is C20H60O8Si9. The third-order valence-electron chi connectivity index (χ3n) is 3.57. The first-order chi connectivity index (χ1) is 15.7. The monoisotopic (exact) mass is 680 g/mol. The molecule has 0 aromatic rings. The second kappa shape index (κ2) is 12.5. The molecule has 0 heterocycles. The van der Waals surface area contributed by atoms with Crippen molar-refractivity contribution in [2.24, 2.45) is 0 Å². The maximum Gasteiger partial charge on any atom is 0.638 e. The molecule has 224 valence electrons. The Morgan fingerprint density at radius 2 is 0.486 bits per heavy atom. The van der Waals surface area contributed by atoms with Crippen molar-refractivity contribution >= 4 is 76.6 Å². The Kier molecular flexibility index (Phi) is 13.0. The van der Waals surface area contributed by atoms with Gasteiger partial charge in [-0.3, -0.25) is 0 Å². The highest BCUT2D eigenvalue weighted by Crippen LogP contribution is 2.32. The Morgan fingerprint density at radius 1 is 0.243 bits per heavy atom. The molecule has 0 saturated heterocycles. The van der Waals surface area contributed by atoms with E-state index in [1.165, 1.54) is 0 Å². The molecule has 0 aliphatic carbocycles. The second-order valence-electron chi connectivity index (χ2n) is 15.5. The molecular weight excluding hydrogens is 621 g/mol. The van der Waals surface area contributed by atoms with Crippen LogP contribution in [0.4, 0.5) is 0 Å². The number of hydrogen-bond acceptors (Lipinski definition) is 8. The van der Waals surface area contributed by atoms with Crippen LogP contribution >= 0.6 is 0 Å². The molecule has 0 rings (SSSR count). The molecule has 0 saturated carbocycles. The van der Waals surface area contributed by atoms with E-state index < -0.39 is 76.6 Å². The van der Waals surface area contributed by atoms with E-state index in [9.17, 15) is 0 Å². The number of rotatable bonds is 16. The van der Waals surface area contributed by atoms with E-state index in [0.29, 0.717) is 0 Å². The molecule has 17 heteroatoms. The first-order valence-electron chi connectivity index (χ1n) is 13.3. The lowest BCUT2D eigenvalue weighted by molar-refractivity contribution is 0.132. The van der Waals surface area contributed by atoms with Crippen LogP contribution in [0, 0.1) is 0 Å². The summed E-state index contributed by atoms with van der Waals surface area (Å²) < 4.78 is 53.9. The third kappa shape index (κ3) is 19.4. The minimum absolute atomic E-state index is 1.93. The lowest BCUT2D eigenvalue weighted by Gasteiger charge is -2.46. The van der Waals surface area contributed by atoms with Crippen LogP contribution in [0.2, 0.25) is 131 Å². The molecule has 0 aliphatic rings. The summed E-state index contributed by atoms with van der Waals surface area (Å²) in [6.07, 6.45) is 0. The largest absolute Gasteiger partial charge is 0.638 e. The van der Waals surface area contributed by atoms with Gasteiger partial charge in [0, 0.05) is 6.55 Å². The summed E-state index contributed by atoms with van der Waals surface area (Å²) >= 11 is 0. The Balaban J connectivity index is 6.31. The van der Waals surface area contributed by atoms with Gasteiger partial charge >= 0.3 is 35.0 Å². The average molecular weight is 681 g/mol. The predicted molar refractivity (Wildman–Crippen MR) is 178 cm³/mol. The van der Waals surface area contributed by atoms with Gasteiger partial charge in [0.1, 0.15) is 0 Å². The van der Waals surface area contributed by atoms with E-state index in [2.05, 4.69) is 111 Å². The molecule has 0 bridgehead atoms. The van der Waals surface area contributed by atoms with Crippen molar-refractivity contribution in [1.29, 1.82) is 0 Å². The maximum absolute atomic E-state index is 6.90. The molecule has 0 radical (unpaired) electrons. The van der Waals surface area contributed by atoms with Crippen LogP contribution in [-0.4, -0.2) is 76.6 Å². The van der Waals surface area contributed by atoms with Gasteiger partial charge in [0.15, 0.2) is 41.6 Å². The van der Waals surface area contributed by atoms with Crippen molar-refractivity contribution in [3.05, 3.63) is 0 Å². The molecule has 0 atom stereocenters. The standard InChI is InChI=1S/C20H60O8Si9/c1-29(2,3)21-36(20,22-30(4,5)6)27-34(16,17)26-35(18,19)28-37(23-31(7,8)9,24-32(10,11)12)25-33(13,14)15/h1-20H3. The Labute approximate surface area is 239 Å². The van der Waals surface area contributed by atoms with Gasteiger partial charge < -0.3 is 32.9 Å². The first-order valence-corrected chi connectivity index (χ1v) is 39.8. The van der Waals surface area contributed by atoms with Gasteiger partial charge in [-0.2, -0.15) is 0 Å². The van der Waals surface area contributed by atoms with E-state index in [4.69, 9.17) is 32.9 Å². The normalized spacial score (nSPS) is 15.9. The summed E-state index contributed by atoms with van der Waals surface area (Å²) in [6, 6.07) is 0. The summed E-state index contributed by atoms with van der Waals surface area (Å²) in [6.45, 7) is 42.6. The molecule has 0 fully saturated rings. The van der Waals surface area contributed by atoms with Crippen LogP contribution in [0.5, 0.6) is 0 Å². The molecule has 8 nitrogen and oxygen atoms in total. The van der Waals surface area contributed by atoms with Crippen LogP contribution in [0.25, 0.3) is 0 Å². The van der Waals surface area contributed by atoms with Gasteiger partial charge in [0.25, 0.3) is 0 Å². The second-order valence-corrected chi connectivity index (χ2v) is 51.5. The molecule has 0 N–H and O–H groups in total. The zero-order chi connectivity index (χ0) is 30.2. The molecule has 0 amide bonds. The summed E-state index contributed by atoms with van der Waals surface area (Å²) in [7, 11) is -22.2. The fraction of sp³-hybridized carbons (Fsp3) is 1.00. The highest BCUT2D eigenvalue weighted by Gasteiger charge is 2.58. The minimum Gasteiger partial charge on any atom is -0.417 e. The predicted octanol–water partition coefficient (Wildman–Crippen LogP) is 7.70. The highest BCUT2D eigenvalue weighted by molar-refractivity contribution is 6.93. The molecule has 0 aromatic carbocycles. The fourth-order valence-corrected chi connectivity index (χ4v) is 38.4. The summed E-state index contributed by atoms with van der Waals surface area (Å²) in [5, 5.41) is 0. The molecule has 0 aliphatic heterocycles. The van der Waals surface area contributed by atoms with Crippen molar-refractivity contribution in [1.82, 2.24) is 0 Å². The van der Waals surface area contributed by atoms with Gasteiger partial charge in [-0.15, -0.1) is 0 Å². The minimum atomic E-state index is -3.52. The Morgan fingerprint density at radius 3 is 0.730 bits per heavy atom. The molecule has 0 spiro atoms. The van der Waals surface area contributed by atoms with Crippen LogP contribution < -0.4 is 0 Å². The zero-order valence-electron chi connectivity index (χ0n) is 27.8. The van der Waals surface area contributed by atoms with Gasteiger partial charge in [-0.05, 0) is 124 Å².